The van der Waals surface area contributed by atoms with Crippen LogP contribution in [-0.2, 0) is 17.6 Å². The van der Waals surface area contributed by atoms with Crippen molar-refractivity contribution in [3.63, 3.8) is 0 Å². The number of aromatic nitrogens is 8. The molecule has 4 aromatic rings. The molecular formula is C18H17N11O5S. The summed E-state index contributed by atoms with van der Waals surface area (Å²) in [5.41, 5.74) is 9.15. The molecule has 35 heavy (non-hydrogen) atoms. The number of hydrazone groups is 1. The lowest BCUT2D eigenvalue weighted by atomic mass is 10.2. The molecule has 180 valence electrons. The van der Waals surface area contributed by atoms with Gasteiger partial charge in [0.25, 0.3) is 5.91 Å². The minimum absolute atomic E-state index is 0.0170. The number of nitrogens with zero attached hydrogens (tertiary/aromatic N) is 9. The highest BCUT2D eigenvalue weighted by atomic mass is 32.2. The van der Waals surface area contributed by atoms with Crippen molar-refractivity contribution in [3.8, 4) is 11.6 Å². The van der Waals surface area contributed by atoms with Gasteiger partial charge in [-0.3, -0.25) is 4.79 Å². The molecule has 0 aliphatic rings. The Bertz CT molecular complexity index is 1360. The molecule has 0 atom stereocenters. The van der Waals surface area contributed by atoms with Crippen molar-refractivity contribution < 1.29 is 24.1 Å². The number of carboxylic acids is 1. The van der Waals surface area contributed by atoms with Crippen molar-refractivity contribution >= 4 is 35.7 Å². The van der Waals surface area contributed by atoms with Crippen LogP contribution in [0, 0.1) is 0 Å². The lowest BCUT2D eigenvalue weighted by molar-refractivity contribution is -0.139. The maximum atomic E-state index is 12.8. The van der Waals surface area contributed by atoms with Gasteiger partial charge in [-0.15, -0.1) is 15.3 Å². The van der Waals surface area contributed by atoms with E-state index in [0.29, 0.717) is 22.2 Å². The van der Waals surface area contributed by atoms with Crippen LogP contribution in [0.15, 0.2) is 45.5 Å². The van der Waals surface area contributed by atoms with Crippen molar-refractivity contribution in [2.45, 2.75) is 10.9 Å². The van der Waals surface area contributed by atoms with E-state index in [1.165, 1.54) is 22.7 Å². The zero-order valence-corrected chi connectivity index (χ0v) is 18.8. The highest BCUT2D eigenvalue weighted by molar-refractivity contribution is 7.98. The number of anilines is 1. The first-order valence-corrected chi connectivity index (χ1v) is 10.7. The van der Waals surface area contributed by atoms with Crippen molar-refractivity contribution in [3.05, 3.63) is 47.5 Å². The molecule has 16 nitrogen and oxygen atoms in total. The summed E-state index contributed by atoms with van der Waals surface area (Å²) in [4.78, 5) is 23.4. The van der Waals surface area contributed by atoms with Crippen LogP contribution < -0.4 is 15.9 Å². The molecule has 0 saturated carbocycles. The third-order valence-electron chi connectivity index (χ3n) is 4.30. The number of carboxylic acid groups (broad SMARTS) is 1. The van der Waals surface area contributed by atoms with Gasteiger partial charge in [-0.05, 0) is 40.1 Å². The molecule has 0 radical (unpaired) electrons. The normalized spacial score (nSPS) is 11.1. The number of ether oxygens (including phenoxy) is 1. The first-order chi connectivity index (χ1) is 16.9. The van der Waals surface area contributed by atoms with E-state index in [2.05, 4.69) is 46.0 Å². The fourth-order valence-corrected chi connectivity index (χ4v) is 3.55. The number of nitrogens with one attached hydrogen (secondary N) is 1. The topological polar surface area (TPSA) is 214 Å². The third kappa shape index (κ3) is 5.58. The van der Waals surface area contributed by atoms with E-state index in [4.69, 9.17) is 15.6 Å². The lowest BCUT2D eigenvalue weighted by Gasteiger charge is -2.05. The summed E-state index contributed by atoms with van der Waals surface area (Å²) in [6.45, 7) is -0.447. The molecule has 4 rings (SSSR count). The number of carbonyl (C=O) groups is 2. The van der Waals surface area contributed by atoms with Crippen LogP contribution >= 0.6 is 11.8 Å². The third-order valence-corrected chi connectivity index (χ3v) is 5.35. The highest BCUT2D eigenvalue weighted by Crippen LogP contribution is 2.24. The Balaban J connectivity index is 1.48. The standard InChI is InChI=1S/C18H17N11O5S/c1-28-9-21-24-18(28)35-8-12-14(22-27-29(12)16-15(19)25-34-26-16)17(32)23-20-6-10-2-4-11(5-3-10)33-7-13(30)31/h2-6,9H,7-8H2,1H3,(H2,19,25)(H,23,32)(H,30,31)/b20-6+. The molecule has 0 saturated heterocycles. The number of amides is 1. The minimum atomic E-state index is -1.08. The van der Waals surface area contributed by atoms with Crippen LogP contribution in [0.4, 0.5) is 5.82 Å². The molecule has 0 aliphatic carbocycles. The number of thioether (sulfide) groups is 1. The van der Waals surface area contributed by atoms with Gasteiger partial charge in [0.05, 0.1) is 11.9 Å². The molecule has 17 heteroatoms. The predicted octanol–water partition coefficient (Wildman–Crippen LogP) is -0.119. The molecule has 3 aromatic heterocycles. The van der Waals surface area contributed by atoms with Gasteiger partial charge in [0.1, 0.15) is 12.1 Å². The zero-order valence-electron chi connectivity index (χ0n) is 18.0. The fourth-order valence-electron chi connectivity index (χ4n) is 2.67. The van der Waals surface area contributed by atoms with Crippen LogP contribution in [0.5, 0.6) is 5.75 Å². The van der Waals surface area contributed by atoms with Crippen molar-refractivity contribution in [2.75, 3.05) is 12.3 Å². The quantitative estimate of drug-likeness (QED) is 0.148. The van der Waals surface area contributed by atoms with Gasteiger partial charge < -0.3 is 20.1 Å². The van der Waals surface area contributed by atoms with Gasteiger partial charge in [-0.1, -0.05) is 17.0 Å². The van der Waals surface area contributed by atoms with Gasteiger partial charge in [0, 0.05) is 12.8 Å². The lowest BCUT2D eigenvalue weighted by Crippen LogP contribution is -2.20. The molecule has 0 spiro atoms. The molecule has 0 fully saturated rings. The van der Waals surface area contributed by atoms with Gasteiger partial charge in [-0.2, -0.15) is 9.78 Å². The first-order valence-electron chi connectivity index (χ1n) is 9.70. The Labute approximate surface area is 200 Å². The van der Waals surface area contributed by atoms with Gasteiger partial charge in [0.15, 0.2) is 17.5 Å². The number of rotatable bonds is 10. The van der Waals surface area contributed by atoms with E-state index in [0.717, 1.165) is 0 Å². The Kier molecular flexibility index (Phi) is 6.96. The van der Waals surface area contributed by atoms with Crippen LogP contribution in [0.1, 0.15) is 21.7 Å². The minimum Gasteiger partial charge on any atom is -0.482 e. The van der Waals surface area contributed by atoms with Gasteiger partial charge in [0.2, 0.25) is 11.6 Å². The summed E-state index contributed by atoms with van der Waals surface area (Å²) in [5, 5.41) is 36.2. The van der Waals surface area contributed by atoms with Crippen LogP contribution in [0.25, 0.3) is 5.82 Å². The summed E-state index contributed by atoms with van der Waals surface area (Å²) in [5.74, 6) is -1.04. The maximum absolute atomic E-state index is 12.8. The molecule has 4 N–H and O–H groups in total. The number of aryl methyl sites for hydroxylation is 1. The number of carbonyl (C=O) groups excluding carboxylic acids is 1. The van der Waals surface area contributed by atoms with E-state index < -0.39 is 18.5 Å². The zero-order chi connectivity index (χ0) is 24.8. The molecule has 0 unspecified atom stereocenters. The summed E-state index contributed by atoms with van der Waals surface area (Å²) in [7, 11) is 1.78. The molecular weight excluding hydrogens is 482 g/mol. The second-order valence-electron chi connectivity index (χ2n) is 6.73. The smallest absolute Gasteiger partial charge is 0.341 e. The Morgan fingerprint density at radius 3 is 2.74 bits per heavy atom. The average molecular weight is 499 g/mol. The average Bonchev–Trinajstić information content (AvgIpc) is 3.56. The van der Waals surface area contributed by atoms with E-state index in [-0.39, 0.29) is 23.1 Å². The van der Waals surface area contributed by atoms with E-state index in [1.54, 1.807) is 42.2 Å². The fraction of sp³-hybridized carbons (Fsp3) is 0.167. The van der Waals surface area contributed by atoms with E-state index in [1.807, 2.05) is 0 Å². The molecule has 1 aromatic carbocycles. The SMILES string of the molecule is Cn1cnnc1SCc1c(C(=O)N/N=C/c2ccc(OCC(=O)O)cc2)nnn1-c1nonc1N. The Morgan fingerprint density at radius 1 is 1.29 bits per heavy atom. The maximum Gasteiger partial charge on any atom is 0.341 e. The summed E-state index contributed by atoms with van der Waals surface area (Å²) >= 11 is 1.29. The van der Waals surface area contributed by atoms with Crippen molar-refractivity contribution in [1.29, 1.82) is 0 Å². The van der Waals surface area contributed by atoms with Crippen molar-refractivity contribution in [1.82, 2.24) is 45.5 Å². The molecule has 0 bridgehead atoms. The first kappa shape index (κ1) is 23.4. The van der Waals surface area contributed by atoms with Gasteiger partial charge in [-0.25, -0.2) is 14.8 Å². The van der Waals surface area contributed by atoms with E-state index >= 15 is 0 Å². The second kappa shape index (κ2) is 10.4. The number of hydrogen-bond acceptors (Lipinski definition) is 13. The monoisotopic (exact) mass is 499 g/mol. The second-order valence-corrected chi connectivity index (χ2v) is 7.68. The molecule has 3 heterocycles. The van der Waals surface area contributed by atoms with Crippen LogP contribution in [0.3, 0.4) is 0 Å². The molecule has 1 amide bonds. The number of aliphatic carboxylic acids is 1. The summed E-state index contributed by atoms with van der Waals surface area (Å²) < 4.78 is 12.7. The number of nitrogen functional groups attached to an aromatic ring is 1. The molecule has 0 aliphatic heterocycles. The summed E-state index contributed by atoms with van der Waals surface area (Å²) in [6.07, 6.45) is 2.95. The highest BCUT2D eigenvalue weighted by Gasteiger charge is 2.24. The van der Waals surface area contributed by atoms with Crippen molar-refractivity contribution in [2.24, 2.45) is 12.1 Å². The predicted molar refractivity (Wildman–Crippen MR) is 119 cm³/mol. The number of nitrogens with two attached hydrogens (primary N) is 1. The Hall–Kier alpha value is -4.80. The summed E-state index contributed by atoms with van der Waals surface area (Å²) in [6, 6.07) is 6.45. The van der Waals surface area contributed by atoms with Crippen LogP contribution in [0.2, 0.25) is 0 Å². The Morgan fingerprint density at radius 2 is 2.09 bits per heavy atom. The van der Waals surface area contributed by atoms with E-state index in [9.17, 15) is 9.59 Å². The largest absolute Gasteiger partial charge is 0.482 e. The number of hydrogen-bond donors (Lipinski definition) is 3. The number of benzene rings is 1. The van der Waals surface area contributed by atoms with Gasteiger partial charge >= 0.3 is 5.97 Å². The van der Waals surface area contributed by atoms with Crippen LogP contribution in [-0.4, -0.2) is 69.9 Å².